The second kappa shape index (κ2) is 11.4. The van der Waals surface area contributed by atoms with Crippen LogP contribution in [0.15, 0.2) is 67.3 Å². The number of unbranched alkanes of at least 4 members (excludes halogenated alkanes) is 4. The number of halogens is 1. The van der Waals surface area contributed by atoms with Crippen LogP contribution >= 0.6 is 0 Å². The van der Waals surface area contributed by atoms with Gasteiger partial charge in [-0.1, -0.05) is 86.9 Å². The van der Waals surface area contributed by atoms with Crippen molar-refractivity contribution in [3.8, 4) is 11.8 Å². The van der Waals surface area contributed by atoms with Crippen molar-refractivity contribution in [2.45, 2.75) is 58.3 Å². The van der Waals surface area contributed by atoms with Crippen molar-refractivity contribution >= 4 is 10.8 Å². The second-order valence-electron chi connectivity index (χ2n) is 7.92. The van der Waals surface area contributed by atoms with E-state index in [1.807, 2.05) is 30.3 Å². The van der Waals surface area contributed by atoms with Gasteiger partial charge in [0.05, 0.1) is 5.56 Å². The zero-order chi connectivity index (χ0) is 21.2. The number of benzene rings is 3. The van der Waals surface area contributed by atoms with Gasteiger partial charge in [0.1, 0.15) is 5.82 Å². The van der Waals surface area contributed by atoms with Crippen molar-refractivity contribution in [2.24, 2.45) is 0 Å². The van der Waals surface area contributed by atoms with Gasteiger partial charge in [-0.05, 0) is 60.4 Å². The lowest BCUT2D eigenvalue weighted by Crippen LogP contribution is -1.90. The van der Waals surface area contributed by atoms with E-state index in [2.05, 4.69) is 49.6 Å². The minimum atomic E-state index is -0.225. The van der Waals surface area contributed by atoms with Crippen molar-refractivity contribution < 1.29 is 4.39 Å². The van der Waals surface area contributed by atoms with Crippen LogP contribution in [0.5, 0.6) is 0 Å². The highest BCUT2D eigenvalue weighted by atomic mass is 19.1. The summed E-state index contributed by atoms with van der Waals surface area (Å²) in [6.07, 6.45) is 11.3. The molecule has 3 rings (SSSR count). The lowest BCUT2D eigenvalue weighted by Gasteiger charge is -2.06. The number of hydrogen-bond donors (Lipinski definition) is 0. The topological polar surface area (TPSA) is 0 Å². The van der Waals surface area contributed by atoms with Crippen LogP contribution in [0, 0.1) is 17.7 Å². The lowest BCUT2D eigenvalue weighted by molar-refractivity contribution is 0.631. The SMILES string of the molecule is C=CCCc1ccc(C#Cc2ccc3cc(CCCCCCC)ccc3c2F)cc1. The van der Waals surface area contributed by atoms with Crippen molar-refractivity contribution in [3.05, 3.63) is 95.3 Å². The van der Waals surface area contributed by atoms with Crippen molar-refractivity contribution in [1.29, 1.82) is 0 Å². The molecule has 0 aliphatic rings. The summed E-state index contributed by atoms with van der Waals surface area (Å²) < 4.78 is 15.0. The van der Waals surface area contributed by atoms with Crippen molar-refractivity contribution in [2.75, 3.05) is 0 Å². The molecular weight excluding hydrogens is 367 g/mol. The fourth-order valence-corrected chi connectivity index (χ4v) is 3.69. The Labute approximate surface area is 180 Å². The van der Waals surface area contributed by atoms with Crippen LogP contribution in [0.3, 0.4) is 0 Å². The molecule has 0 spiro atoms. The van der Waals surface area contributed by atoms with Gasteiger partial charge >= 0.3 is 0 Å². The molecule has 0 bridgehead atoms. The monoisotopic (exact) mass is 398 g/mol. The predicted molar refractivity (Wildman–Crippen MR) is 127 cm³/mol. The molecule has 30 heavy (non-hydrogen) atoms. The molecule has 1 heteroatoms. The summed E-state index contributed by atoms with van der Waals surface area (Å²) in [5, 5.41) is 1.60. The van der Waals surface area contributed by atoms with E-state index in [9.17, 15) is 4.39 Å². The fourth-order valence-electron chi connectivity index (χ4n) is 3.69. The van der Waals surface area contributed by atoms with Crippen LogP contribution in [-0.4, -0.2) is 0 Å². The first kappa shape index (κ1) is 21.8. The standard InChI is InChI=1S/C29H31F/c1-3-5-7-8-9-11-25-17-21-28-27(22-25)20-19-26(29(28)30)18-16-24-14-12-23(13-15-24)10-6-4-2/h4,12-15,17,19-22H,2-3,5-11H2,1H3. The summed E-state index contributed by atoms with van der Waals surface area (Å²) in [5.74, 6) is 5.88. The van der Waals surface area contributed by atoms with E-state index in [0.717, 1.165) is 30.2 Å². The molecule has 0 unspecified atom stereocenters. The third-order valence-electron chi connectivity index (χ3n) is 5.52. The Morgan fingerprint density at radius 2 is 1.60 bits per heavy atom. The number of allylic oxidation sites excluding steroid dienone is 1. The van der Waals surface area contributed by atoms with Crippen LogP contribution < -0.4 is 0 Å². The molecule has 0 nitrogen and oxygen atoms in total. The molecule has 0 radical (unpaired) electrons. The Hall–Kier alpha value is -2.85. The van der Waals surface area contributed by atoms with Gasteiger partial charge in [-0.2, -0.15) is 0 Å². The Morgan fingerprint density at radius 1 is 0.833 bits per heavy atom. The van der Waals surface area contributed by atoms with E-state index < -0.39 is 0 Å². The molecule has 0 amide bonds. The highest BCUT2D eigenvalue weighted by Crippen LogP contribution is 2.23. The Kier molecular flexibility index (Phi) is 8.28. The van der Waals surface area contributed by atoms with Gasteiger partial charge in [0.25, 0.3) is 0 Å². The molecule has 0 aliphatic heterocycles. The zero-order valence-electron chi connectivity index (χ0n) is 18.0. The van der Waals surface area contributed by atoms with E-state index in [-0.39, 0.29) is 5.82 Å². The minimum Gasteiger partial charge on any atom is -0.205 e. The normalized spacial score (nSPS) is 10.6. The van der Waals surface area contributed by atoms with E-state index in [4.69, 9.17) is 0 Å². The van der Waals surface area contributed by atoms with E-state index in [0.29, 0.717) is 10.9 Å². The number of hydrogen-bond acceptors (Lipinski definition) is 0. The van der Waals surface area contributed by atoms with E-state index in [1.54, 1.807) is 6.07 Å². The molecule has 0 N–H and O–H groups in total. The van der Waals surface area contributed by atoms with Crippen LogP contribution in [0.25, 0.3) is 10.8 Å². The average Bonchev–Trinajstić information content (AvgIpc) is 2.78. The van der Waals surface area contributed by atoms with E-state index >= 15 is 0 Å². The Balaban J connectivity index is 1.70. The Bertz CT molecular complexity index is 1030. The number of aryl methyl sites for hydroxylation is 2. The highest BCUT2D eigenvalue weighted by molar-refractivity contribution is 5.85. The maximum Gasteiger partial charge on any atom is 0.146 e. The maximum atomic E-state index is 15.0. The summed E-state index contributed by atoms with van der Waals surface area (Å²) in [7, 11) is 0. The largest absolute Gasteiger partial charge is 0.205 e. The van der Waals surface area contributed by atoms with Gasteiger partial charge in [-0.3, -0.25) is 0 Å². The smallest absolute Gasteiger partial charge is 0.146 e. The second-order valence-corrected chi connectivity index (χ2v) is 7.92. The molecule has 3 aromatic carbocycles. The quantitative estimate of drug-likeness (QED) is 0.194. The summed E-state index contributed by atoms with van der Waals surface area (Å²) >= 11 is 0. The molecule has 0 saturated heterocycles. The number of fused-ring (bicyclic) bond motifs is 1. The third kappa shape index (κ3) is 6.07. The van der Waals surface area contributed by atoms with Gasteiger partial charge in [0.2, 0.25) is 0 Å². The average molecular weight is 399 g/mol. The number of rotatable bonds is 9. The van der Waals surface area contributed by atoms with Crippen molar-refractivity contribution in [3.63, 3.8) is 0 Å². The molecular formula is C29H31F. The molecule has 0 saturated carbocycles. The fraction of sp³-hybridized carbons (Fsp3) is 0.310. The van der Waals surface area contributed by atoms with Gasteiger partial charge < -0.3 is 0 Å². The molecule has 154 valence electrons. The summed E-state index contributed by atoms with van der Waals surface area (Å²) in [5.41, 5.74) is 3.90. The molecule has 0 heterocycles. The summed E-state index contributed by atoms with van der Waals surface area (Å²) in [6, 6.07) is 18.0. The Morgan fingerprint density at radius 3 is 2.37 bits per heavy atom. The van der Waals surface area contributed by atoms with Gasteiger partial charge in [0.15, 0.2) is 0 Å². The lowest BCUT2D eigenvalue weighted by atomic mass is 10.00. The highest BCUT2D eigenvalue weighted by Gasteiger charge is 2.06. The predicted octanol–water partition coefficient (Wildman–Crippen LogP) is 8.01. The minimum absolute atomic E-state index is 0.225. The van der Waals surface area contributed by atoms with Gasteiger partial charge in [0, 0.05) is 10.9 Å². The van der Waals surface area contributed by atoms with Crippen LogP contribution in [0.4, 0.5) is 4.39 Å². The third-order valence-corrected chi connectivity index (χ3v) is 5.52. The zero-order valence-corrected chi connectivity index (χ0v) is 18.0. The van der Waals surface area contributed by atoms with E-state index in [1.165, 1.54) is 43.2 Å². The molecule has 0 aliphatic carbocycles. The maximum absolute atomic E-state index is 15.0. The van der Waals surface area contributed by atoms with Gasteiger partial charge in [-0.15, -0.1) is 6.58 Å². The van der Waals surface area contributed by atoms with Gasteiger partial charge in [-0.25, -0.2) is 4.39 Å². The first-order valence-corrected chi connectivity index (χ1v) is 11.1. The molecule has 0 atom stereocenters. The first-order valence-electron chi connectivity index (χ1n) is 11.1. The summed E-state index contributed by atoms with van der Waals surface area (Å²) in [6.45, 7) is 5.99. The molecule has 0 fully saturated rings. The molecule has 3 aromatic rings. The van der Waals surface area contributed by atoms with Crippen LogP contribution in [0.2, 0.25) is 0 Å². The first-order chi connectivity index (χ1) is 14.7. The molecule has 0 aromatic heterocycles. The summed E-state index contributed by atoms with van der Waals surface area (Å²) in [4.78, 5) is 0. The van der Waals surface area contributed by atoms with Crippen LogP contribution in [-0.2, 0) is 12.8 Å². The van der Waals surface area contributed by atoms with Crippen LogP contribution in [0.1, 0.15) is 67.7 Å². The van der Waals surface area contributed by atoms with Crippen molar-refractivity contribution in [1.82, 2.24) is 0 Å².